The highest BCUT2D eigenvalue weighted by Gasteiger charge is 2.17. The van der Waals surface area contributed by atoms with Crippen LogP contribution in [0.3, 0.4) is 0 Å². The molecule has 1 rings (SSSR count). The number of rotatable bonds is 2. The molecule has 0 bridgehead atoms. The van der Waals surface area contributed by atoms with Gasteiger partial charge in [-0.15, -0.1) is 0 Å². The molecular weight excluding hydrogens is 152 g/mol. The molecule has 1 heterocycles. The summed E-state index contributed by atoms with van der Waals surface area (Å²) >= 11 is 0. The molecule has 0 aliphatic heterocycles. The molecule has 3 heteroatoms. The van der Waals surface area contributed by atoms with Crippen LogP contribution >= 0.6 is 0 Å². The lowest BCUT2D eigenvalue weighted by Crippen LogP contribution is -2.17. The Labute approximate surface area is 72.5 Å². The zero-order valence-electron chi connectivity index (χ0n) is 7.70. The van der Waals surface area contributed by atoms with Crippen molar-refractivity contribution in [2.45, 2.75) is 32.8 Å². The fourth-order valence-electron chi connectivity index (χ4n) is 0.853. The fourth-order valence-corrected chi connectivity index (χ4v) is 0.853. The molecule has 0 amide bonds. The Morgan fingerprint density at radius 1 is 1.33 bits per heavy atom. The molecule has 0 spiro atoms. The summed E-state index contributed by atoms with van der Waals surface area (Å²) in [5.41, 5.74) is 0.668. The van der Waals surface area contributed by atoms with Crippen molar-refractivity contribution in [3.63, 3.8) is 0 Å². The molecule has 0 aromatic carbocycles. The van der Waals surface area contributed by atoms with E-state index in [2.05, 4.69) is 9.97 Å². The first kappa shape index (κ1) is 9.13. The summed E-state index contributed by atoms with van der Waals surface area (Å²) in [7, 11) is 0. The summed E-state index contributed by atoms with van der Waals surface area (Å²) in [6, 6.07) is 0. The average Bonchev–Trinajstić information content (AvgIpc) is 2.03. The van der Waals surface area contributed by atoms with Gasteiger partial charge in [0, 0.05) is 6.20 Å². The predicted molar refractivity (Wildman–Crippen MR) is 46.7 cm³/mol. The number of hydrogen-bond donors (Lipinski definition) is 1. The van der Waals surface area contributed by atoms with Crippen LogP contribution in [0.15, 0.2) is 12.4 Å². The van der Waals surface area contributed by atoms with Crippen LogP contribution in [-0.2, 0) is 12.0 Å². The van der Waals surface area contributed by atoms with Gasteiger partial charge < -0.3 is 5.11 Å². The third-order valence-corrected chi connectivity index (χ3v) is 1.69. The van der Waals surface area contributed by atoms with Crippen molar-refractivity contribution in [1.29, 1.82) is 0 Å². The molecule has 0 atom stereocenters. The number of aryl methyl sites for hydroxylation is 1. The molecule has 1 N–H and O–H groups in total. The molecule has 0 unspecified atom stereocenters. The van der Waals surface area contributed by atoms with Gasteiger partial charge in [-0.25, -0.2) is 0 Å². The zero-order valence-corrected chi connectivity index (χ0v) is 7.70. The van der Waals surface area contributed by atoms with Gasteiger partial charge in [-0.3, -0.25) is 9.97 Å². The van der Waals surface area contributed by atoms with Gasteiger partial charge in [-0.1, -0.05) is 6.92 Å². The van der Waals surface area contributed by atoms with E-state index in [1.54, 1.807) is 26.2 Å². The second-order valence-corrected chi connectivity index (χ2v) is 3.31. The van der Waals surface area contributed by atoms with E-state index in [-0.39, 0.29) is 0 Å². The molecule has 0 fully saturated rings. The summed E-state index contributed by atoms with van der Waals surface area (Å²) in [6.45, 7) is 5.42. The van der Waals surface area contributed by atoms with Gasteiger partial charge in [-0.2, -0.15) is 0 Å². The molecule has 66 valence electrons. The van der Waals surface area contributed by atoms with E-state index in [0.29, 0.717) is 5.69 Å². The van der Waals surface area contributed by atoms with Gasteiger partial charge in [0.05, 0.1) is 17.6 Å². The van der Waals surface area contributed by atoms with Crippen LogP contribution < -0.4 is 0 Å². The maximum absolute atomic E-state index is 9.55. The standard InChI is InChI=1S/C9H14N2O/c1-4-7-5-11-8(6-10-7)9(2,3)12/h5-6,12H,4H2,1-3H3. The van der Waals surface area contributed by atoms with Gasteiger partial charge in [0.2, 0.25) is 0 Å². The van der Waals surface area contributed by atoms with Crippen molar-refractivity contribution in [1.82, 2.24) is 9.97 Å². The van der Waals surface area contributed by atoms with E-state index in [9.17, 15) is 5.11 Å². The van der Waals surface area contributed by atoms with Gasteiger partial charge in [0.25, 0.3) is 0 Å². The van der Waals surface area contributed by atoms with Crippen LogP contribution in [0.25, 0.3) is 0 Å². The maximum Gasteiger partial charge on any atom is 0.102 e. The Hall–Kier alpha value is -0.960. The van der Waals surface area contributed by atoms with E-state index in [1.807, 2.05) is 6.92 Å². The number of hydrogen-bond acceptors (Lipinski definition) is 3. The second-order valence-electron chi connectivity index (χ2n) is 3.31. The molecule has 1 aromatic heterocycles. The van der Waals surface area contributed by atoms with E-state index >= 15 is 0 Å². The Balaban J connectivity index is 2.93. The third kappa shape index (κ3) is 2.01. The maximum atomic E-state index is 9.55. The quantitative estimate of drug-likeness (QED) is 0.719. The van der Waals surface area contributed by atoms with Crippen LogP contribution in [0.2, 0.25) is 0 Å². The summed E-state index contributed by atoms with van der Waals surface area (Å²) < 4.78 is 0. The van der Waals surface area contributed by atoms with E-state index in [0.717, 1.165) is 12.1 Å². The van der Waals surface area contributed by atoms with Gasteiger partial charge in [0.1, 0.15) is 5.60 Å². The topological polar surface area (TPSA) is 46.0 Å². The Morgan fingerprint density at radius 3 is 2.33 bits per heavy atom. The van der Waals surface area contributed by atoms with Gasteiger partial charge in [-0.05, 0) is 20.3 Å². The summed E-state index contributed by atoms with van der Waals surface area (Å²) in [6.07, 6.45) is 4.20. The molecule has 0 saturated heterocycles. The minimum atomic E-state index is -0.890. The van der Waals surface area contributed by atoms with Crippen molar-refractivity contribution >= 4 is 0 Å². The van der Waals surface area contributed by atoms with E-state index in [1.165, 1.54) is 0 Å². The van der Waals surface area contributed by atoms with Crippen LogP contribution in [0.4, 0.5) is 0 Å². The summed E-state index contributed by atoms with van der Waals surface area (Å²) in [4.78, 5) is 8.25. The highest BCUT2D eigenvalue weighted by Crippen LogP contribution is 2.15. The summed E-state index contributed by atoms with van der Waals surface area (Å²) in [5.74, 6) is 0. The van der Waals surface area contributed by atoms with Crippen molar-refractivity contribution in [3.05, 3.63) is 23.8 Å². The van der Waals surface area contributed by atoms with Crippen molar-refractivity contribution < 1.29 is 5.11 Å². The minimum absolute atomic E-state index is 0.611. The highest BCUT2D eigenvalue weighted by molar-refractivity contribution is 5.08. The Bertz CT molecular complexity index is 248. The molecule has 0 radical (unpaired) electrons. The molecule has 1 aromatic rings. The molecule has 0 aliphatic rings. The molecule has 0 saturated carbocycles. The number of nitrogens with zero attached hydrogens (tertiary/aromatic N) is 2. The minimum Gasteiger partial charge on any atom is -0.384 e. The normalized spacial score (nSPS) is 11.7. The highest BCUT2D eigenvalue weighted by atomic mass is 16.3. The second kappa shape index (κ2) is 3.19. The van der Waals surface area contributed by atoms with Crippen LogP contribution in [-0.4, -0.2) is 15.1 Å². The predicted octanol–water partition coefficient (Wildman–Crippen LogP) is 1.27. The smallest absolute Gasteiger partial charge is 0.102 e. The van der Waals surface area contributed by atoms with Crippen LogP contribution in [0.1, 0.15) is 32.2 Å². The number of aromatic nitrogens is 2. The zero-order chi connectivity index (χ0) is 9.19. The van der Waals surface area contributed by atoms with Gasteiger partial charge in [0.15, 0.2) is 0 Å². The lowest BCUT2D eigenvalue weighted by molar-refractivity contribution is 0.0733. The van der Waals surface area contributed by atoms with Crippen molar-refractivity contribution in [3.8, 4) is 0 Å². The van der Waals surface area contributed by atoms with E-state index in [4.69, 9.17) is 0 Å². The Kier molecular flexibility index (Phi) is 2.43. The van der Waals surface area contributed by atoms with E-state index < -0.39 is 5.60 Å². The molecule has 12 heavy (non-hydrogen) atoms. The molecular formula is C9H14N2O. The first-order valence-electron chi connectivity index (χ1n) is 4.08. The lowest BCUT2D eigenvalue weighted by Gasteiger charge is -2.15. The first-order valence-corrected chi connectivity index (χ1v) is 4.08. The average molecular weight is 166 g/mol. The SMILES string of the molecule is CCc1cnc(C(C)(C)O)cn1. The monoisotopic (exact) mass is 166 g/mol. The van der Waals surface area contributed by atoms with Crippen molar-refractivity contribution in [2.24, 2.45) is 0 Å². The Morgan fingerprint density at radius 2 is 2.00 bits per heavy atom. The van der Waals surface area contributed by atoms with Gasteiger partial charge >= 0.3 is 0 Å². The molecule has 0 aliphatic carbocycles. The number of aliphatic hydroxyl groups is 1. The first-order chi connectivity index (χ1) is 5.54. The van der Waals surface area contributed by atoms with Crippen LogP contribution in [0.5, 0.6) is 0 Å². The molecule has 3 nitrogen and oxygen atoms in total. The fraction of sp³-hybridized carbons (Fsp3) is 0.556. The largest absolute Gasteiger partial charge is 0.384 e. The van der Waals surface area contributed by atoms with Crippen LogP contribution in [0, 0.1) is 0 Å². The lowest BCUT2D eigenvalue weighted by atomic mass is 10.1. The van der Waals surface area contributed by atoms with Crippen molar-refractivity contribution in [2.75, 3.05) is 0 Å². The third-order valence-electron chi connectivity index (χ3n) is 1.69. The summed E-state index contributed by atoms with van der Waals surface area (Å²) in [5, 5.41) is 9.55.